The smallest absolute Gasteiger partial charge is 0.323 e. The maximum absolute atomic E-state index is 14.1. The van der Waals surface area contributed by atoms with Crippen molar-refractivity contribution in [2.75, 3.05) is 18.0 Å². The minimum Gasteiger partial charge on any atom is -0.480 e. The lowest BCUT2D eigenvalue weighted by Gasteiger charge is -2.22. The monoisotopic (exact) mass is 320 g/mol. The Kier molecular flexibility index (Phi) is 4.02. The van der Waals surface area contributed by atoms with Crippen LogP contribution in [0.25, 0.3) is 0 Å². The lowest BCUT2D eigenvalue weighted by molar-refractivity contribution is -0.137. The number of carbonyl (C=O) groups excluding carboxylic acids is 2. The lowest BCUT2D eigenvalue weighted by atomic mass is 10.1. The Morgan fingerprint density at radius 3 is 2.65 bits per heavy atom. The summed E-state index contributed by atoms with van der Waals surface area (Å²) in [6.07, 6.45) is 2.62. The number of amides is 2. The summed E-state index contributed by atoms with van der Waals surface area (Å²) in [4.78, 5) is 38.0. The summed E-state index contributed by atoms with van der Waals surface area (Å²) >= 11 is 0. The van der Waals surface area contributed by atoms with E-state index in [1.165, 1.54) is 21.9 Å². The molecule has 1 aliphatic heterocycles. The molecule has 23 heavy (non-hydrogen) atoms. The van der Waals surface area contributed by atoms with Crippen molar-refractivity contribution in [2.24, 2.45) is 0 Å². The van der Waals surface area contributed by atoms with Gasteiger partial charge in [0.25, 0.3) is 5.91 Å². The molecule has 3 rings (SSSR count). The lowest BCUT2D eigenvalue weighted by Crippen LogP contribution is -2.38. The van der Waals surface area contributed by atoms with E-state index in [4.69, 9.17) is 5.11 Å². The van der Waals surface area contributed by atoms with Gasteiger partial charge in [0.05, 0.1) is 5.56 Å². The van der Waals surface area contributed by atoms with E-state index < -0.39 is 24.2 Å². The molecule has 1 aliphatic carbocycles. The molecule has 1 aromatic rings. The molecule has 0 spiro atoms. The SMILES string of the molecule is O=C(O)CN(C(=O)c1cc(N2CCCC2=O)ccc1F)C1CC1. The van der Waals surface area contributed by atoms with Gasteiger partial charge in [0.15, 0.2) is 0 Å². The minimum atomic E-state index is -1.13. The third-order valence-electron chi connectivity index (χ3n) is 4.12. The third kappa shape index (κ3) is 3.18. The number of anilines is 1. The summed E-state index contributed by atoms with van der Waals surface area (Å²) in [5, 5.41) is 8.95. The van der Waals surface area contributed by atoms with Crippen LogP contribution < -0.4 is 4.90 Å². The van der Waals surface area contributed by atoms with Crippen molar-refractivity contribution < 1.29 is 23.9 Å². The number of hydrogen-bond acceptors (Lipinski definition) is 3. The molecule has 0 atom stereocenters. The summed E-state index contributed by atoms with van der Waals surface area (Å²) in [5.74, 6) is -2.53. The molecule has 2 amide bonds. The summed E-state index contributed by atoms with van der Waals surface area (Å²) in [7, 11) is 0. The standard InChI is InChI=1S/C16H17FN2O4/c17-13-6-5-11(18-7-1-2-14(18)20)8-12(13)16(23)19(9-15(21)22)10-3-4-10/h5-6,8,10H,1-4,7,9H2,(H,21,22). The molecule has 1 aromatic carbocycles. The molecule has 1 saturated carbocycles. The Labute approximate surface area is 132 Å². The summed E-state index contributed by atoms with van der Waals surface area (Å²) in [6, 6.07) is 3.82. The predicted octanol–water partition coefficient (Wildman–Crippen LogP) is 1.64. The van der Waals surface area contributed by atoms with E-state index in [0.29, 0.717) is 18.7 Å². The fraction of sp³-hybridized carbons (Fsp3) is 0.438. The molecule has 2 fully saturated rings. The average Bonchev–Trinajstić information content (AvgIpc) is 3.26. The van der Waals surface area contributed by atoms with E-state index >= 15 is 0 Å². The number of carboxylic acids is 1. The van der Waals surface area contributed by atoms with Crippen molar-refractivity contribution in [2.45, 2.75) is 31.7 Å². The second-order valence-electron chi connectivity index (χ2n) is 5.87. The average molecular weight is 320 g/mol. The molecule has 0 unspecified atom stereocenters. The van der Waals surface area contributed by atoms with Gasteiger partial charge in [-0.05, 0) is 37.5 Å². The first-order valence-corrected chi connectivity index (χ1v) is 7.60. The zero-order valence-electron chi connectivity index (χ0n) is 12.5. The van der Waals surface area contributed by atoms with E-state index in [9.17, 15) is 18.8 Å². The molecule has 2 aliphatic rings. The highest BCUT2D eigenvalue weighted by Gasteiger charge is 2.35. The highest BCUT2D eigenvalue weighted by atomic mass is 19.1. The number of rotatable bonds is 5. The summed E-state index contributed by atoms with van der Waals surface area (Å²) in [6.45, 7) is 0.0926. The molecule has 6 nitrogen and oxygen atoms in total. The van der Waals surface area contributed by atoms with Crippen LogP contribution in [0.5, 0.6) is 0 Å². The van der Waals surface area contributed by atoms with Crippen molar-refractivity contribution >= 4 is 23.5 Å². The Morgan fingerprint density at radius 2 is 2.09 bits per heavy atom. The number of carbonyl (C=O) groups is 3. The van der Waals surface area contributed by atoms with E-state index in [0.717, 1.165) is 25.3 Å². The van der Waals surface area contributed by atoms with Gasteiger partial charge in [-0.25, -0.2) is 4.39 Å². The first-order valence-electron chi connectivity index (χ1n) is 7.60. The predicted molar refractivity (Wildman–Crippen MR) is 79.7 cm³/mol. The van der Waals surface area contributed by atoms with Gasteiger partial charge in [0.2, 0.25) is 5.91 Å². The van der Waals surface area contributed by atoms with Crippen molar-refractivity contribution in [1.82, 2.24) is 4.90 Å². The largest absolute Gasteiger partial charge is 0.480 e. The van der Waals surface area contributed by atoms with Gasteiger partial charge in [-0.1, -0.05) is 0 Å². The van der Waals surface area contributed by atoms with Gasteiger partial charge < -0.3 is 14.9 Å². The van der Waals surface area contributed by atoms with Crippen molar-refractivity contribution in [3.05, 3.63) is 29.6 Å². The molecule has 1 N–H and O–H groups in total. The maximum Gasteiger partial charge on any atom is 0.323 e. The molecular weight excluding hydrogens is 303 g/mol. The highest BCUT2D eigenvalue weighted by Crippen LogP contribution is 2.30. The van der Waals surface area contributed by atoms with Crippen molar-refractivity contribution in [3.8, 4) is 0 Å². The Hall–Kier alpha value is -2.44. The molecule has 0 bridgehead atoms. The summed E-state index contributed by atoms with van der Waals surface area (Å²) < 4.78 is 14.1. The molecule has 7 heteroatoms. The minimum absolute atomic E-state index is 0.0559. The Morgan fingerprint density at radius 1 is 1.35 bits per heavy atom. The molecule has 1 heterocycles. The number of aliphatic carboxylic acids is 1. The molecular formula is C16H17FN2O4. The van der Waals surface area contributed by atoms with Gasteiger partial charge in [0, 0.05) is 24.7 Å². The van der Waals surface area contributed by atoms with Crippen LogP contribution in [0.15, 0.2) is 18.2 Å². The fourth-order valence-corrected chi connectivity index (χ4v) is 2.82. The zero-order valence-corrected chi connectivity index (χ0v) is 12.5. The number of hydrogen-bond donors (Lipinski definition) is 1. The van der Waals surface area contributed by atoms with Crippen LogP contribution in [0.3, 0.4) is 0 Å². The van der Waals surface area contributed by atoms with Crippen LogP contribution in [0, 0.1) is 5.82 Å². The molecule has 0 radical (unpaired) electrons. The van der Waals surface area contributed by atoms with E-state index in [1.54, 1.807) is 0 Å². The number of carboxylic acid groups (broad SMARTS) is 1. The maximum atomic E-state index is 14.1. The summed E-state index contributed by atoms with van der Waals surface area (Å²) in [5.41, 5.74) is 0.290. The number of halogens is 1. The Bertz CT molecular complexity index is 672. The molecule has 122 valence electrons. The first kappa shape index (κ1) is 15.5. The van der Waals surface area contributed by atoms with E-state index in [-0.39, 0.29) is 17.5 Å². The van der Waals surface area contributed by atoms with Gasteiger partial charge in [-0.15, -0.1) is 0 Å². The van der Waals surface area contributed by atoms with Crippen LogP contribution >= 0.6 is 0 Å². The Balaban J connectivity index is 1.89. The van der Waals surface area contributed by atoms with Crippen molar-refractivity contribution in [3.63, 3.8) is 0 Å². The van der Waals surface area contributed by atoms with Gasteiger partial charge in [-0.2, -0.15) is 0 Å². The normalized spacial score (nSPS) is 17.4. The first-order chi connectivity index (χ1) is 11.0. The highest BCUT2D eigenvalue weighted by molar-refractivity contribution is 6.00. The van der Waals surface area contributed by atoms with Gasteiger partial charge >= 0.3 is 5.97 Å². The van der Waals surface area contributed by atoms with Gasteiger partial charge in [0.1, 0.15) is 12.4 Å². The molecule has 1 saturated heterocycles. The van der Waals surface area contributed by atoms with Crippen LogP contribution in [0.2, 0.25) is 0 Å². The van der Waals surface area contributed by atoms with Crippen molar-refractivity contribution in [1.29, 1.82) is 0 Å². The van der Waals surface area contributed by atoms with Crippen LogP contribution in [0.1, 0.15) is 36.0 Å². The van der Waals surface area contributed by atoms with Gasteiger partial charge in [-0.3, -0.25) is 14.4 Å². The topological polar surface area (TPSA) is 77.9 Å². The third-order valence-corrected chi connectivity index (χ3v) is 4.12. The number of nitrogens with zero attached hydrogens (tertiary/aromatic N) is 2. The van der Waals surface area contributed by atoms with Crippen LogP contribution in [-0.2, 0) is 9.59 Å². The molecule has 0 aromatic heterocycles. The van der Waals surface area contributed by atoms with E-state index in [1.807, 2.05) is 0 Å². The quantitative estimate of drug-likeness (QED) is 0.894. The fourth-order valence-electron chi connectivity index (χ4n) is 2.82. The van der Waals surface area contributed by atoms with Crippen LogP contribution in [0.4, 0.5) is 10.1 Å². The number of benzene rings is 1. The van der Waals surface area contributed by atoms with E-state index in [2.05, 4.69) is 0 Å². The zero-order chi connectivity index (χ0) is 16.6. The second-order valence-corrected chi connectivity index (χ2v) is 5.87. The van der Waals surface area contributed by atoms with Crippen LogP contribution in [-0.4, -0.2) is 46.9 Å². The second kappa shape index (κ2) is 5.98.